The van der Waals surface area contributed by atoms with E-state index < -0.39 is 6.03 Å². The maximum atomic E-state index is 11.5. The highest BCUT2D eigenvalue weighted by atomic mass is 16.2. The summed E-state index contributed by atoms with van der Waals surface area (Å²) < 4.78 is 1.23. The molecular weight excluding hydrogens is 264 g/mol. The quantitative estimate of drug-likeness (QED) is 0.782. The van der Waals surface area contributed by atoms with Crippen molar-refractivity contribution in [1.82, 2.24) is 14.8 Å². The lowest BCUT2D eigenvalue weighted by molar-refractivity contribution is 0.248. The van der Waals surface area contributed by atoms with Crippen molar-refractivity contribution < 1.29 is 4.79 Å². The molecule has 0 atom stereocenters. The Morgan fingerprint density at radius 2 is 2.24 bits per heavy atom. The van der Waals surface area contributed by atoms with Crippen molar-refractivity contribution in [3.05, 3.63) is 48.3 Å². The molecule has 5 heteroatoms. The average Bonchev–Trinajstić information content (AvgIpc) is 3.27. The van der Waals surface area contributed by atoms with Crippen molar-refractivity contribution in [2.24, 2.45) is 5.73 Å². The Kier molecular flexibility index (Phi) is 2.54. The molecule has 0 unspecified atom stereocenters. The largest absolute Gasteiger partial charge is 0.350 e. The van der Waals surface area contributed by atoms with Gasteiger partial charge in [0, 0.05) is 28.8 Å². The Labute approximate surface area is 121 Å². The smallest absolute Gasteiger partial charge is 0.340 e. The number of nitrogens with zero attached hydrogens (tertiary/aromatic N) is 3. The minimum atomic E-state index is -0.589. The molecule has 0 spiro atoms. The van der Waals surface area contributed by atoms with Crippen LogP contribution in [-0.4, -0.2) is 20.8 Å². The van der Waals surface area contributed by atoms with Gasteiger partial charge in [0.1, 0.15) is 5.69 Å². The van der Waals surface area contributed by atoms with Gasteiger partial charge in [-0.3, -0.25) is 4.98 Å². The normalized spacial score (nSPS) is 14.5. The van der Waals surface area contributed by atoms with Crippen molar-refractivity contribution >= 4 is 16.9 Å². The summed E-state index contributed by atoms with van der Waals surface area (Å²) >= 11 is 0. The topological polar surface area (TPSA) is 73.8 Å². The van der Waals surface area contributed by atoms with Gasteiger partial charge in [0.15, 0.2) is 0 Å². The van der Waals surface area contributed by atoms with E-state index in [0.29, 0.717) is 11.4 Å². The summed E-state index contributed by atoms with van der Waals surface area (Å²) in [5.41, 5.74) is 8.88. The Morgan fingerprint density at radius 3 is 3.00 bits per heavy atom. The number of benzene rings is 1. The SMILES string of the molecule is NC(=O)n1nc(-c2ccnc(C3CC3)c2)c2c[c]ccc21. The van der Waals surface area contributed by atoms with Gasteiger partial charge in [-0.2, -0.15) is 9.78 Å². The fourth-order valence-corrected chi connectivity index (χ4v) is 2.58. The Hall–Kier alpha value is -2.69. The molecule has 5 nitrogen and oxygen atoms in total. The number of carbonyl (C=O) groups excluding carboxylic acids is 1. The van der Waals surface area contributed by atoms with Gasteiger partial charge in [-0.25, -0.2) is 4.79 Å². The van der Waals surface area contributed by atoms with Crippen LogP contribution in [0.3, 0.4) is 0 Å². The van der Waals surface area contributed by atoms with Gasteiger partial charge in [0.25, 0.3) is 0 Å². The number of rotatable bonds is 2. The Bertz CT molecular complexity index is 848. The lowest BCUT2D eigenvalue weighted by Crippen LogP contribution is -2.20. The number of pyridine rings is 1. The summed E-state index contributed by atoms with van der Waals surface area (Å²) in [5.74, 6) is 0.570. The number of hydrogen-bond acceptors (Lipinski definition) is 3. The predicted octanol–water partition coefficient (Wildman–Crippen LogP) is 2.70. The van der Waals surface area contributed by atoms with Gasteiger partial charge in [0.05, 0.1) is 5.52 Å². The maximum Gasteiger partial charge on any atom is 0.340 e. The minimum absolute atomic E-state index is 0.570. The zero-order chi connectivity index (χ0) is 14.4. The van der Waals surface area contributed by atoms with Gasteiger partial charge >= 0.3 is 6.03 Å². The molecule has 21 heavy (non-hydrogen) atoms. The summed E-state index contributed by atoms with van der Waals surface area (Å²) in [6, 6.07) is 11.8. The third-order valence-corrected chi connectivity index (χ3v) is 3.78. The molecule has 0 bridgehead atoms. The van der Waals surface area contributed by atoms with Crippen molar-refractivity contribution in [2.45, 2.75) is 18.8 Å². The maximum absolute atomic E-state index is 11.5. The first kappa shape index (κ1) is 12.1. The first-order valence-corrected chi connectivity index (χ1v) is 6.89. The highest BCUT2D eigenvalue weighted by Gasteiger charge is 2.25. The molecule has 1 aliphatic rings. The average molecular weight is 277 g/mol. The molecule has 2 N–H and O–H groups in total. The van der Waals surface area contributed by atoms with E-state index in [1.165, 1.54) is 17.5 Å². The van der Waals surface area contributed by atoms with Crippen LogP contribution in [0.25, 0.3) is 22.2 Å². The predicted molar refractivity (Wildman–Crippen MR) is 78.8 cm³/mol. The van der Waals surface area contributed by atoms with E-state index >= 15 is 0 Å². The van der Waals surface area contributed by atoms with Crippen LogP contribution < -0.4 is 5.73 Å². The zero-order valence-corrected chi connectivity index (χ0v) is 11.3. The molecule has 0 aliphatic heterocycles. The first-order valence-electron chi connectivity index (χ1n) is 6.89. The van der Waals surface area contributed by atoms with Crippen molar-refractivity contribution in [1.29, 1.82) is 0 Å². The molecule has 1 fully saturated rings. The van der Waals surface area contributed by atoms with E-state index in [9.17, 15) is 4.79 Å². The second-order valence-electron chi connectivity index (χ2n) is 5.29. The summed E-state index contributed by atoms with van der Waals surface area (Å²) in [5, 5.41) is 5.24. The number of nitrogens with two attached hydrogens (primary N) is 1. The number of aromatic nitrogens is 3. The van der Waals surface area contributed by atoms with Gasteiger partial charge in [-0.15, -0.1) is 0 Å². The molecule has 1 aromatic carbocycles. The summed E-state index contributed by atoms with van der Waals surface area (Å²) in [6.07, 6.45) is 4.19. The van der Waals surface area contributed by atoms with Gasteiger partial charge in [-0.1, -0.05) is 6.07 Å². The van der Waals surface area contributed by atoms with Crippen LogP contribution in [0.5, 0.6) is 0 Å². The second-order valence-corrected chi connectivity index (χ2v) is 5.29. The van der Waals surface area contributed by atoms with E-state index in [1.54, 1.807) is 18.3 Å². The summed E-state index contributed by atoms with van der Waals surface area (Å²) in [7, 11) is 0. The third kappa shape index (κ3) is 1.98. The molecule has 4 rings (SSSR count). The van der Waals surface area contributed by atoms with Crippen molar-refractivity contribution in [3.63, 3.8) is 0 Å². The summed E-state index contributed by atoms with van der Waals surface area (Å²) in [6.45, 7) is 0. The van der Waals surface area contributed by atoms with Crippen LogP contribution in [0.2, 0.25) is 0 Å². The first-order chi connectivity index (χ1) is 10.2. The van der Waals surface area contributed by atoms with E-state index in [-0.39, 0.29) is 0 Å². The molecule has 1 radical (unpaired) electrons. The van der Waals surface area contributed by atoms with Crippen molar-refractivity contribution in [2.75, 3.05) is 0 Å². The lowest BCUT2D eigenvalue weighted by atomic mass is 10.1. The fourth-order valence-electron chi connectivity index (χ4n) is 2.58. The van der Waals surface area contributed by atoms with E-state index in [4.69, 9.17) is 5.73 Å². The molecular formula is C16H13N4O. The third-order valence-electron chi connectivity index (χ3n) is 3.78. The molecule has 3 aromatic rings. The van der Waals surface area contributed by atoms with Crippen LogP contribution in [0.4, 0.5) is 4.79 Å². The van der Waals surface area contributed by atoms with Crippen LogP contribution in [0.1, 0.15) is 24.5 Å². The van der Waals surface area contributed by atoms with Crippen LogP contribution in [0.15, 0.2) is 36.5 Å². The van der Waals surface area contributed by atoms with Crippen LogP contribution in [0, 0.1) is 6.07 Å². The number of carbonyl (C=O) groups is 1. The van der Waals surface area contributed by atoms with Crippen LogP contribution in [-0.2, 0) is 0 Å². The summed E-state index contributed by atoms with van der Waals surface area (Å²) in [4.78, 5) is 16.0. The molecule has 1 saturated carbocycles. The van der Waals surface area contributed by atoms with E-state index in [1.807, 2.05) is 12.1 Å². The zero-order valence-electron chi connectivity index (χ0n) is 11.3. The molecule has 2 heterocycles. The number of fused-ring (bicyclic) bond motifs is 1. The minimum Gasteiger partial charge on any atom is -0.350 e. The monoisotopic (exact) mass is 277 g/mol. The number of hydrogen-bond donors (Lipinski definition) is 1. The van der Waals surface area contributed by atoms with E-state index in [0.717, 1.165) is 22.3 Å². The molecule has 1 aliphatic carbocycles. The van der Waals surface area contributed by atoms with Gasteiger partial charge < -0.3 is 5.73 Å². The van der Waals surface area contributed by atoms with Crippen LogP contribution >= 0.6 is 0 Å². The number of amides is 1. The Morgan fingerprint density at radius 1 is 1.38 bits per heavy atom. The van der Waals surface area contributed by atoms with Crippen molar-refractivity contribution in [3.8, 4) is 11.3 Å². The highest BCUT2D eigenvalue weighted by Crippen LogP contribution is 2.40. The molecule has 103 valence electrons. The highest BCUT2D eigenvalue weighted by molar-refractivity contribution is 5.98. The lowest BCUT2D eigenvalue weighted by Gasteiger charge is -2.01. The Balaban J connectivity index is 1.93. The van der Waals surface area contributed by atoms with E-state index in [2.05, 4.69) is 22.2 Å². The molecule has 2 aromatic heterocycles. The second kappa shape index (κ2) is 4.41. The molecule has 0 saturated heterocycles. The number of primary amides is 1. The fraction of sp³-hybridized carbons (Fsp3) is 0.188. The van der Waals surface area contributed by atoms with Gasteiger partial charge in [0.2, 0.25) is 0 Å². The molecule has 1 amide bonds. The van der Waals surface area contributed by atoms with Gasteiger partial charge in [-0.05, 0) is 43.2 Å². The standard InChI is InChI=1S/C16H13N4O/c17-16(21)20-14-4-2-1-3-12(14)15(19-20)11-7-8-18-13(9-11)10-5-6-10/h2-4,7-10H,5-6H2,(H2,17,21).